The molecule has 0 spiro atoms. The molecule has 1 rings (SSSR count). The van der Waals surface area contributed by atoms with E-state index >= 15 is 0 Å². The van der Waals surface area contributed by atoms with Crippen molar-refractivity contribution in [1.82, 2.24) is 15.1 Å². The molecule has 0 aliphatic carbocycles. The van der Waals surface area contributed by atoms with Gasteiger partial charge in [-0.25, -0.2) is 0 Å². The molecule has 26 heavy (non-hydrogen) atoms. The zero-order valence-corrected chi connectivity index (χ0v) is 19.7. The fourth-order valence-corrected chi connectivity index (χ4v) is 3.88. The summed E-state index contributed by atoms with van der Waals surface area (Å²) in [6.45, 7) is 10.2. The highest BCUT2D eigenvalue weighted by Gasteiger charge is 2.25. The molecule has 1 saturated heterocycles. The minimum Gasteiger partial charge on any atom is -0.370 e. The topological polar surface area (TPSA) is 74.0 Å². The molecule has 2 atom stereocenters. The van der Waals surface area contributed by atoms with Crippen LogP contribution in [0, 0.1) is 11.8 Å². The molecular weight excluding hydrogens is 441 g/mol. The summed E-state index contributed by atoms with van der Waals surface area (Å²) in [5.74, 6) is 1.79. The number of hydrogen-bond donors (Lipinski definition) is 2. The third-order valence-corrected chi connectivity index (χ3v) is 5.33. The van der Waals surface area contributed by atoms with Crippen LogP contribution in [0.5, 0.6) is 0 Å². The van der Waals surface area contributed by atoms with Gasteiger partial charge in [-0.3, -0.25) is 9.79 Å². The van der Waals surface area contributed by atoms with Crippen molar-refractivity contribution < 1.29 is 4.79 Å². The van der Waals surface area contributed by atoms with Crippen LogP contribution in [0.3, 0.4) is 0 Å². The van der Waals surface area contributed by atoms with Crippen LogP contribution in [0.25, 0.3) is 0 Å². The predicted molar refractivity (Wildman–Crippen MR) is 121 cm³/mol. The third kappa shape index (κ3) is 8.41. The first kappa shape index (κ1) is 25.4. The molecule has 154 valence electrons. The number of carbonyl (C=O) groups excluding carboxylic acids is 1. The monoisotopic (exact) mass is 481 g/mol. The Kier molecular flexibility index (Phi) is 13.3. The van der Waals surface area contributed by atoms with Crippen molar-refractivity contribution in [3.8, 4) is 0 Å². The Bertz CT molecular complexity index is 426. The Labute approximate surface area is 177 Å². The molecule has 0 aromatic heterocycles. The van der Waals surface area contributed by atoms with Gasteiger partial charge in [-0.1, -0.05) is 26.7 Å². The van der Waals surface area contributed by atoms with Crippen LogP contribution in [-0.4, -0.2) is 68.0 Å². The molecule has 1 aliphatic heterocycles. The molecule has 1 aliphatic rings. The molecular formula is C19H40IN5O. The van der Waals surface area contributed by atoms with Crippen LogP contribution in [0.2, 0.25) is 0 Å². The van der Waals surface area contributed by atoms with Gasteiger partial charge in [0.25, 0.3) is 0 Å². The molecule has 7 heteroatoms. The van der Waals surface area contributed by atoms with E-state index in [1.54, 1.807) is 0 Å². The number of likely N-dealkylation sites (tertiary alicyclic amines) is 1. The zero-order chi connectivity index (χ0) is 18.8. The molecule has 2 unspecified atom stereocenters. The molecule has 1 fully saturated rings. The number of likely N-dealkylation sites (N-methyl/N-ethyl adjacent to an activating group) is 1. The van der Waals surface area contributed by atoms with E-state index < -0.39 is 0 Å². The predicted octanol–water partition coefficient (Wildman–Crippen LogP) is 2.52. The smallest absolute Gasteiger partial charge is 0.217 e. The van der Waals surface area contributed by atoms with Crippen molar-refractivity contribution in [3.63, 3.8) is 0 Å². The highest BCUT2D eigenvalue weighted by molar-refractivity contribution is 14.0. The van der Waals surface area contributed by atoms with E-state index in [9.17, 15) is 4.79 Å². The molecule has 6 nitrogen and oxygen atoms in total. The first-order valence-electron chi connectivity index (χ1n) is 9.90. The van der Waals surface area contributed by atoms with Crippen LogP contribution < -0.4 is 11.1 Å². The number of rotatable bonds is 9. The maximum absolute atomic E-state index is 11.3. The van der Waals surface area contributed by atoms with Gasteiger partial charge in [0.05, 0.1) is 6.54 Å². The van der Waals surface area contributed by atoms with Crippen molar-refractivity contribution in [2.24, 2.45) is 22.6 Å². The SMILES string of the molecule is CCNC(=NCC(C(CC)CC)N(C)C)N1CCCC(CC(N)=O)C1.I. The van der Waals surface area contributed by atoms with Crippen molar-refractivity contribution in [2.45, 2.75) is 58.9 Å². The Hall–Kier alpha value is -0.570. The van der Waals surface area contributed by atoms with Crippen molar-refractivity contribution in [1.29, 1.82) is 0 Å². The van der Waals surface area contributed by atoms with Gasteiger partial charge in [0.15, 0.2) is 5.96 Å². The number of primary amides is 1. The van der Waals surface area contributed by atoms with E-state index in [-0.39, 0.29) is 29.9 Å². The Balaban J connectivity index is 0.00000625. The number of nitrogens with one attached hydrogen (secondary N) is 1. The molecule has 0 aromatic carbocycles. The summed E-state index contributed by atoms with van der Waals surface area (Å²) in [7, 11) is 4.30. The lowest BCUT2D eigenvalue weighted by atomic mass is 9.93. The summed E-state index contributed by atoms with van der Waals surface area (Å²) in [6, 6.07) is 0.454. The van der Waals surface area contributed by atoms with Crippen LogP contribution in [0.15, 0.2) is 4.99 Å². The van der Waals surface area contributed by atoms with E-state index in [1.165, 1.54) is 12.8 Å². The van der Waals surface area contributed by atoms with Gasteiger partial charge in [0.2, 0.25) is 5.91 Å². The van der Waals surface area contributed by atoms with Crippen LogP contribution in [-0.2, 0) is 4.79 Å². The van der Waals surface area contributed by atoms with E-state index in [0.29, 0.717) is 24.3 Å². The molecule has 0 saturated carbocycles. The summed E-state index contributed by atoms with van der Waals surface area (Å²) in [5, 5.41) is 3.44. The Morgan fingerprint density at radius 2 is 1.96 bits per heavy atom. The van der Waals surface area contributed by atoms with E-state index in [4.69, 9.17) is 10.7 Å². The van der Waals surface area contributed by atoms with Crippen LogP contribution >= 0.6 is 24.0 Å². The van der Waals surface area contributed by atoms with Gasteiger partial charge in [0.1, 0.15) is 0 Å². The zero-order valence-electron chi connectivity index (χ0n) is 17.3. The average Bonchev–Trinajstić information content (AvgIpc) is 2.56. The van der Waals surface area contributed by atoms with Crippen molar-refractivity contribution in [2.75, 3.05) is 40.3 Å². The summed E-state index contributed by atoms with van der Waals surface area (Å²) in [6.07, 6.45) is 4.99. The lowest BCUT2D eigenvalue weighted by molar-refractivity contribution is -0.119. The van der Waals surface area contributed by atoms with Gasteiger partial charge in [0, 0.05) is 32.1 Å². The number of nitrogens with zero attached hydrogens (tertiary/aromatic N) is 3. The number of guanidine groups is 1. The van der Waals surface area contributed by atoms with Crippen LogP contribution in [0.4, 0.5) is 0 Å². The van der Waals surface area contributed by atoms with Gasteiger partial charge >= 0.3 is 0 Å². The number of nitrogens with two attached hydrogens (primary N) is 1. The van der Waals surface area contributed by atoms with Gasteiger partial charge in [-0.2, -0.15) is 0 Å². The summed E-state index contributed by atoms with van der Waals surface area (Å²) < 4.78 is 0. The second-order valence-corrected chi connectivity index (χ2v) is 7.43. The van der Waals surface area contributed by atoms with E-state index in [2.05, 4.69) is 50.0 Å². The molecule has 1 heterocycles. The molecule has 0 bridgehead atoms. The second-order valence-electron chi connectivity index (χ2n) is 7.43. The summed E-state index contributed by atoms with van der Waals surface area (Å²) in [5.41, 5.74) is 5.39. The number of amides is 1. The van der Waals surface area contributed by atoms with Gasteiger partial charge < -0.3 is 20.9 Å². The lowest BCUT2D eigenvalue weighted by Gasteiger charge is -2.35. The maximum Gasteiger partial charge on any atom is 0.217 e. The van der Waals surface area contributed by atoms with Crippen LogP contribution in [0.1, 0.15) is 52.9 Å². The standard InChI is InChI=1S/C19H39N5O.HI/c1-6-16(7-2)17(23(4)5)13-22-19(21-8-3)24-11-9-10-15(14-24)12-18(20)25;/h15-17H,6-14H2,1-5H3,(H2,20,25)(H,21,22);1H. The maximum atomic E-state index is 11.3. The molecule has 3 N–H and O–H groups in total. The van der Waals surface area contributed by atoms with Gasteiger partial charge in [-0.15, -0.1) is 24.0 Å². The first-order chi connectivity index (χ1) is 11.9. The van der Waals surface area contributed by atoms with E-state index in [0.717, 1.165) is 45.0 Å². The Morgan fingerprint density at radius 1 is 1.31 bits per heavy atom. The fourth-order valence-electron chi connectivity index (χ4n) is 3.88. The lowest BCUT2D eigenvalue weighted by Crippen LogP contribution is -2.48. The molecule has 0 radical (unpaired) electrons. The van der Waals surface area contributed by atoms with Crippen molar-refractivity contribution >= 4 is 35.8 Å². The minimum atomic E-state index is -0.199. The largest absolute Gasteiger partial charge is 0.370 e. The number of halogens is 1. The van der Waals surface area contributed by atoms with Crippen molar-refractivity contribution in [3.05, 3.63) is 0 Å². The fraction of sp³-hybridized carbons (Fsp3) is 0.895. The summed E-state index contributed by atoms with van der Waals surface area (Å²) in [4.78, 5) is 20.8. The van der Waals surface area contributed by atoms with Gasteiger partial charge in [-0.05, 0) is 45.7 Å². The minimum absolute atomic E-state index is 0. The molecule has 1 amide bonds. The quantitative estimate of drug-likeness (QED) is 0.302. The Morgan fingerprint density at radius 3 is 2.46 bits per heavy atom. The number of hydrogen-bond acceptors (Lipinski definition) is 3. The molecule has 0 aromatic rings. The normalized spacial score (nSPS) is 19.4. The second kappa shape index (κ2) is 13.6. The number of carbonyl (C=O) groups is 1. The highest BCUT2D eigenvalue weighted by atomic mass is 127. The summed E-state index contributed by atoms with van der Waals surface area (Å²) >= 11 is 0. The third-order valence-electron chi connectivity index (χ3n) is 5.33. The number of aliphatic imine (C=N–C) groups is 1. The number of piperidine rings is 1. The van der Waals surface area contributed by atoms with E-state index in [1.807, 2.05) is 0 Å². The average molecular weight is 481 g/mol. The first-order valence-corrected chi connectivity index (χ1v) is 9.90. The highest BCUT2D eigenvalue weighted by Crippen LogP contribution is 2.20.